The number of halogens is 1. The molecule has 2 rings (SSSR count). The van der Waals surface area contributed by atoms with E-state index >= 15 is 0 Å². The standard InChI is InChI=1S/C15H19FN2O4/c1-3-10-9-17(6-7-18(10)15(20)21)11-4-5-12(13(16)8-11)14(19)22-2/h4-5,8,10H,3,6-7,9H2,1-2H3,(H,20,21)/t10-/m1/s1. The minimum atomic E-state index is -0.932. The molecule has 0 aromatic heterocycles. The smallest absolute Gasteiger partial charge is 0.407 e. The first-order valence-corrected chi connectivity index (χ1v) is 7.10. The molecular weight excluding hydrogens is 291 g/mol. The molecule has 0 saturated carbocycles. The third-order valence-electron chi connectivity index (χ3n) is 3.92. The van der Waals surface area contributed by atoms with E-state index < -0.39 is 17.9 Å². The zero-order chi connectivity index (χ0) is 16.3. The molecule has 0 aliphatic carbocycles. The number of ether oxygens (including phenoxy) is 1. The van der Waals surface area contributed by atoms with Crippen molar-refractivity contribution in [2.75, 3.05) is 31.6 Å². The van der Waals surface area contributed by atoms with Crippen LogP contribution < -0.4 is 4.90 Å². The van der Waals surface area contributed by atoms with Crippen molar-refractivity contribution in [2.24, 2.45) is 0 Å². The Bertz CT molecular complexity index is 579. The average Bonchev–Trinajstić information content (AvgIpc) is 2.53. The predicted molar refractivity (Wildman–Crippen MR) is 78.8 cm³/mol. The summed E-state index contributed by atoms with van der Waals surface area (Å²) in [4.78, 5) is 25.9. The second kappa shape index (κ2) is 6.64. The molecule has 1 aromatic carbocycles. The Hall–Kier alpha value is -2.31. The van der Waals surface area contributed by atoms with E-state index in [4.69, 9.17) is 5.11 Å². The van der Waals surface area contributed by atoms with Gasteiger partial charge in [-0.2, -0.15) is 0 Å². The number of hydrogen-bond donors (Lipinski definition) is 1. The molecular formula is C15H19FN2O4. The van der Waals surface area contributed by atoms with Gasteiger partial charge in [0.05, 0.1) is 18.7 Å². The van der Waals surface area contributed by atoms with Crippen molar-refractivity contribution >= 4 is 17.7 Å². The van der Waals surface area contributed by atoms with E-state index in [2.05, 4.69) is 4.74 Å². The van der Waals surface area contributed by atoms with Gasteiger partial charge in [-0.15, -0.1) is 0 Å². The number of carbonyl (C=O) groups excluding carboxylic acids is 1. The van der Waals surface area contributed by atoms with Crippen LogP contribution >= 0.6 is 0 Å². The number of amides is 1. The van der Waals surface area contributed by atoms with Crippen molar-refractivity contribution in [2.45, 2.75) is 19.4 Å². The van der Waals surface area contributed by atoms with Gasteiger partial charge >= 0.3 is 12.1 Å². The summed E-state index contributed by atoms with van der Waals surface area (Å²) in [5.74, 6) is -1.36. The first-order chi connectivity index (χ1) is 10.5. The van der Waals surface area contributed by atoms with Crippen molar-refractivity contribution in [1.82, 2.24) is 4.90 Å². The maximum absolute atomic E-state index is 14.0. The number of nitrogens with zero attached hydrogens (tertiary/aromatic N) is 2. The lowest BCUT2D eigenvalue weighted by atomic mass is 10.1. The summed E-state index contributed by atoms with van der Waals surface area (Å²) >= 11 is 0. The summed E-state index contributed by atoms with van der Waals surface area (Å²) in [6.45, 7) is 3.28. The molecule has 1 aliphatic rings. The third kappa shape index (κ3) is 3.13. The molecule has 0 radical (unpaired) electrons. The van der Waals surface area contributed by atoms with Gasteiger partial charge in [0.25, 0.3) is 0 Å². The molecule has 0 bridgehead atoms. The number of hydrogen-bond acceptors (Lipinski definition) is 4. The Morgan fingerprint density at radius 2 is 2.14 bits per heavy atom. The van der Waals surface area contributed by atoms with Crippen LogP contribution in [0.5, 0.6) is 0 Å². The molecule has 0 spiro atoms. The molecule has 6 nitrogen and oxygen atoms in total. The van der Waals surface area contributed by atoms with Crippen LogP contribution in [0.15, 0.2) is 18.2 Å². The zero-order valence-electron chi connectivity index (χ0n) is 12.6. The van der Waals surface area contributed by atoms with E-state index in [1.807, 2.05) is 11.8 Å². The molecule has 1 N–H and O–H groups in total. The molecule has 1 saturated heterocycles. The Morgan fingerprint density at radius 1 is 1.41 bits per heavy atom. The lowest BCUT2D eigenvalue weighted by Crippen LogP contribution is -2.54. The zero-order valence-corrected chi connectivity index (χ0v) is 12.6. The van der Waals surface area contributed by atoms with Crippen LogP contribution in [0, 0.1) is 5.82 Å². The minimum Gasteiger partial charge on any atom is -0.465 e. The third-order valence-corrected chi connectivity index (χ3v) is 3.92. The number of piperazine rings is 1. The van der Waals surface area contributed by atoms with E-state index in [0.717, 1.165) is 0 Å². The van der Waals surface area contributed by atoms with Gasteiger partial charge < -0.3 is 19.6 Å². The van der Waals surface area contributed by atoms with Crippen molar-refractivity contribution in [3.63, 3.8) is 0 Å². The second-order valence-electron chi connectivity index (χ2n) is 5.14. The average molecular weight is 310 g/mol. The van der Waals surface area contributed by atoms with Gasteiger partial charge in [0.1, 0.15) is 5.82 Å². The van der Waals surface area contributed by atoms with E-state index in [1.54, 1.807) is 6.07 Å². The molecule has 7 heteroatoms. The number of benzene rings is 1. The number of carboxylic acid groups (broad SMARTS) is 1. The van der Waals surface area contributed by atoms with Crippen LogP contribution in [0.2, 0.25) is 0 Å². The summed E-state index contributed by atoms with van der Waals surface area (Å²) < 4.78 is 18.5. The maximum Gasteiger partial charge on any atom is 0.407 e. The van der Waals surface area contributed by atoms with Crippen LogP contribution in [0.3, 0.4) is 0 Å². The molecule has 1 aliphatic heterocycles. The fourth-order valence-electron chi connectivity index (χ4n) is 2.67. The van der Waals surface area contributed by atoms with Gasteiger partial charge in [0.15, 0.2) is 0 Å². The van der Waals surface area contributed by atoms with Gasteiger partial charge in [-0.05, 0) is 24.6 Å². The minimum absolute atomic E-state index is 0.109. The molecule has 0 unspecified atom stereocenters. The summed E-state index contributed by atoms with van der Waals surface area (Å²) in [6, 6.07) is 4.20. The summed E-state index contributed by atoms with van der Waals surface area (Å²) in [7, 11) is 1.20. The van der Waals surface area contributed by atoms with Crippen molar-refractivity contribution in [3.8, 4) is 0 Å². The normalized spacial score (nSPS) is 18.2. The second-order valence-corrected chi connectivity index (χ2v) is 5.14. The molecule has 120 valence electrons. The Kier molecular flexibility index (Phi) is 4.85. The molecule has 1 fully saturated rings. The first kappa shape index (κ1) is 16.1. The lowest BCUT2D eigenvalue weighted by Gasteiger charge is -2.40. The van der Waals surface area contributed by atoms with E-state index in [-0.39, 0.29) is 11.6 Å². The van der Waals surface area contributed by atoms with E-state index in [1.165, 1.54) is 24.1 Å². The van der Waals surface area contributed by atoms with Gasteiger partial charge in [-0.1, -0.05) is 6.92 Å². The molecule has 1 amide bonds. The number of anilines is 1. The molecule has 1 atom stereocenters. The van der Waals surface area contributed by atoms with Crippen LogP contribution in [0.1, 0.15) is 23.7 Å². The van der Waals surface area contributed by atoms with E-state index in [9.17, 15) is 14.0 Å². The van der Waals surface area contributed by atoms with Gasteiger partial charge in [0.2, 0.25) is 0 Å². The van der Waals surface area contributed by atoms with Crippen molar-refractivity contribution in [3.05, 3.63) is 29.6 Å². The highest BCUT2D eigenvalue weighted by Gasteiger charge is 2.29. The Labute approximate surface area is 128 Å². The van der Waals surface area contributed by atoms with Crippen LogP contribution in [-0.2, 0) is 4.74 Å². The lowest BCUT2D eigenvalue weighted by molar-refractivity contribution is 0.0595. The van der Waals surface area contributed by atoms with Crippen LogP contribution in [-0.4, -0.2) is 54.9 Å². The van der Waals surface area contributed by atoms with E-state index in [0.29, 0.717) is 31.7 Å². The van der Waals surface area contributed by atoms with Gasteiger partial charge in [-0.3, -0.25) is 0 Å². The topological polar surface area (TPSA) is 70.1 Å². The fourth-order valence-corrected chi connectivity index (χ4v) is 2.67. The maximum atomic E-state index is 14.0. The van der Waals surface area contributed by atoms with Crippen LogP contribution in [0.25, 0.3) is 0 Å². The quantitative estimate of drug-likeness (QED) is 0.867. The summed E-state index contributed by atoms with van der Waals surface area (Å²) in [5.41, 5.74) is 0.524. The molecule has 1 aromatic rings. The fraction of sp³-hybridized carbons (Fsp3) is 0.467. The van der Waals surface area contributed by atoms with Gasteiger partial charge in [-0.25, -0.2) is 14.0 Å². The number of rotatable bonds is 3. The predicted octanol–water partition coefficient (Wildman–Crippen LogP) is 2.19. The highest BCUT2D eigenvalue weighted by Crippen LogP contribution is 2.23. The summed E-state index contributed by atoms with van der Waals surface area (Å²) in [5, 5.41) is 9.16. The summed E-state index contributed by atoms with van der Waals surface area (Å²) in [6.07, 6.45) is -0.246. The SMILES string of the molecule is CC[C@@H]1CN(c2ccc(C(=O)OC)c(F)c2)CCN1C(=O)O. The Morgan fingerprint density at radius 3 is 2.68 bits per heavy atom. The number of carbonyl (C=O) groups is 2. The van der Waals surface area contributed by atoms with Crippen molar-refractivity contribution in [1.29, 1.82) is 0 Å². The highest BCUT2D eigenvalue weighted by molar-refractivity contribution is 5.90. The van der Waals surface area contributed by atoms with Gasteiger partial charge in [0, 0.05) is 25.3 Å². The monoisotopic (exact) mass is 310 g/mol. The van der Waals surface area contributed by atoms with Crippen LogP contribution in [0.4, 0.5) is 14.9 Å². The largest absolute Gasteiger partial charge is 0.465 e. The molecule has 22 heavy (non-hydrogen) atoms. The number of methoxy groups -OCH3 is 1. The first-order valence-electron chi connectivity index (χ1n) is 7.10. The molecule has 1 heterocycles. The number of esters is 1. The highest BCUT2D eigenvalue weighted by atomic mass is 19.1. The Balaban J connectivity index is 2.17. The van der Waals surface area contributed by atoms with Crippen molar-refractivity contribution < 1.29 is 23.8 Å².